The molecule has 0 amide bonds. The maximum atomic E-state index is 6.02. The minimum atomic E-state index is -2.70. The second kappa shape index (κ2) is 7.33. The zero-order chi connectivity index (χ0) is 12.7. The molecule has 0 aromatic heterocycles. The van der Waals surface area contributed by atoms with Crippen LogP contribution in [0.25, 0.3) is 0 Å². The van der Waals surface area contributed by atoms with Gasteiger partial charge in [0.2, 0.25) is 0 Å². The molecule has 98 valence electrons. The highest BCUT2D eigenvalue weighted by atomic mass is 28.4. The van der Waals surface area contributed by atoms with E-state index in [9.17, 15) is 0 Å². The standard InChI is InChI=1S/C9H25N3O3Si/c1-4-7-16(13-2,14-3)15-9(12,8-11)5-6-10/h4-8,10-12H2,1-3H3. The lowest BCUT2D eigenvalue weighted by Gasteiger charge is -2.37. The third-order valence-corrected chi connectivity index (χ3v) is 5.52. The Hall–Kier alpha value is -0.0231. The quantitative estimate of drug-likeness (QED) is 0.380. The van der Waals surface area contributed by atoms with Gasteiger partial charge in [-0.05, 0) is 6.54 Å². The highest BCUT2D eigenvalue weighted by molar-refractivity contribution is 6.60. The summed E-state index contributed by atoms with van der Waals surface area (Å²) >= 11 is 0. The Morgan fingerprint density at radius 2 is 1.75 bits per heavy atom. The lowest BCUT2D eigenvalue weighted by atomic mass is 10.1. The first kappa shape index (κ1) is 16.0. The summed E-state index contributed by atoms with van der Waals surface area (Å²) in [6, 6.07) is 0.712. The Kier molecular flexibility index (Phi) is 7.32. The molecule has 6 N–H and O–H groups in total. The van der Waals surface area contributed by atoms with Crippen molar-refractivity contribution in [2.75, 3.05) is 27.3 Å². The highest BCUT2D eigenvalue weighted by Gasteiger charge is 2.44. The van der Waals surface area contributed by atoms with Gasteiger partial charge in [-0.1, -0.05) is 13.3 Å². The minimum absolute atomic E-state index is 0.190. The molecule has 0 fully saturated rings. The molecule has 1 atom stereocenters. The van der Waals surface area contributed by atoms with Crippen molar-refractivity contribution in [2.24, 2.45) is 17.2 Å². The van der Waals surface area contributed by atoms with Crippen LogP contribution < -0.4 is 17.2 Å². The molecule has 0 aromatic rings. The summed E-state index contributed by atoms with van der Waals surface area (Å²) in [4.78, 5) is 0. The molecule has 0 rings (SSSR count). The summed E-state index contributed by atoms with van der Waals surface area (Å²) in [6.07, 6.45) is 1.38. The number of nitrogens with two attached hydrogens (primary N) is 3. The maximum Gasteiger partial charge on any atom is 0.501 e. The lowest BCUT2D eigenvalue weighted by molar-refractivity contribution is -0.0123. The fraction of sp³-hybridized carbons (Fsp3) is 1.00. The van der Waals surface area contributed by atoms with E-state index in [0.29, 0.717) is 19.0 Å². The molecule has 1 unspecified atom stereocenters. The van der Waals surface area contributed by atoms with Gasteiger partial charge in [0, 0.05) is 33.2 Å². The van der Waals surface area contributed by atoms with Crippen molar-refractivity contribution in [1.82, 2.24) is 0 Å². The van der Waals surface area contributed by atoms with Crippen LogP contribution in [0.1, 0.15) is 19.8 Å². The Bertz CT molecular complexity index is 193. The highest BCUT2D eigenvalue weighted by Crippen LogP contribution is 2.22. The van der Waals surface area contributed by atoms with Crippen molar-refractivity contribution in [1.29, 1.82) is 0 Å². The van der Waals surface area contributed by atoms with Crippen LogP contribution in [0, 0.1) is 0 Å². The van der Waals surface area contributed by atoms with Crippen LogP contribution in [0.3, 0.4) is 0 Å². The molecule has 0 radical (unpaired) electrons. The van der Waals surface area contributed by atoms with Gasteiger partial charge >= 0.3 is 8.80 Å². The van der Waals surface area contributed by atoms with Gasteiger partial charge in [-0.25, -0.2) is 0 Å². The molecular weight excluding hydrogens is 226 g/mol. The van der Waals surface area contributed by atoms with Crippen LogP contribution in [0.2, 0.25) is 6.04 Å². The van der Waals surface area contributed by atoms with Crippen molar-refractivity contribution in [3.8, 4) is 0 Å². The van der Waals surface area contributed by atoms with Crippen molar-refractivity contribution in [3.63, 3.8) is 0 Å². The van der Waals surface area contributed by atoms with Crippen LogP contribution in [0.5, 0.6) is 0 Å². The molecule has 0 saturated heterocycles. The molecule has 0 heterocycles. The zero-order valence-corrected chi connectivity index (χ0v) is 11.5. The van der Waals surface area contributed by atoms with Gasteiger partial charge in [-0.15, -0.1) is 0 Å². The molecule has 0 saturated carbocycles. The molecule has 0 aliphatic rings. The predicted octanol–water partition coefficient (Wildman–Crippen LogP) is -0.393. The third kappa shape index (κ3) is 4.46. The molecule has 6 nitrogen and oxygen atoms in total. The number of hydrogen-bond donors (Lipinski definition) is 3. The molecule has 0 aliphatic heterocycles. The molecule has 0 aromatic carbocycles. The zero-order valence-electron chi connectivity index (χ0n) is 10.5. The summed E-state index contributed by atoms with van der Waals surface area (Å²) < 4.78 is 16.6. The van der Waals surface area contributed by atoms with E-state index in [1.807, 2.05) is 6.92 Å². The van der Waals surface area contributed by atoms with Crippen LogP contribution >= 0.6 is 0 Å². The summed E-state index contributed by atoms with van der Waals surface area (Å²) in [6.45, 7) is 2.64. The lowest BCUT2D eigenvalue weighted by Crippen LogP contribution is -2.60. The van der Waals surface area contributed by atoms with Crippen molar-refractivity contribution < 1.29 is 13.3 Å². The van der Waals surface area contributed by atoms with Gasteiger partial charge in [-0.2, -0.15) is 0 Å². The van der Waals surface area contributed by atoms with Crippen molar-refractivity contribution in [3.05, 3.63) is 0 Å². The fourth-order valence-electron chi connectivity index (χ4n) is 1.48. The molecule has 7 heteroatoms. The van der Waals surface area contributed by atoms with Crippen molar-refractivity contribution >= 4 is 8.80 Å². The topological polar surface area (TPSA) is 106 Å². The third-order valence-electron chi connectivity index (χ3n) is 2.45. The molecule has 0 spiro atoms. The predicted molar refractivity (Wildman–Crippen MR) is 65.6 cm³/mol. The van der Waals surface area contributed by atoms with E-state index >= 15 is 0 Å². The van der Waals surface area contributed by atoms with Gasteiger partial charge < -0.3 is 30.5 Å². The second-order valence-electron chi connectivity index (χ2n) is 3.75. The van der Waals surface area contributed by atoms with Crippen molar-refractivity contribution in [2.45, 2.75) is 31.5 Å². The summed E-state index contributed by atoms with van der Waals surface area (Å²) in [5.41, 5.74) is 16.2. The van der Waals surface area contributed by atoms with E-state index in [1.54, 1.807) is 14.2 Å². The van der Waals surface area contributed by atoms with Crippen LogP contribution in [-0.4, -0.2) is 41.8 Å². The first-order valence-corrected chi connectivity index (χ1v) is 7.44. The van der Waals surface area contributed by atoms with Gasteiger partial charge in [0.1, 0.15) is 5.72 Å². The summed E-state index contributed by atoms with van der Waals surface area (Å²) in [5, 5.41) is 0. The fourth-order valence-corrected chi connectivity index (χ4v) is 3.74. The Morgan fingerprint density at radius 3 is 2.06 bits per heavy atom. The monoisotopic (exact) mass is 251 g/mol. The average molecular weight is 251 g/mol. The normalized spacial score (nSPS) is 16.1. The van der Waals surface area contributed by atoms with E-state index in [0.717, 1.165) is 6.42 Å². The number of hydrogen-bond acceptors (Lipinski definition) is 6. The smallest absolute Gasteiger partial charge is 0.377 e. The van der Waals surface area contributed by atoms with E-state index in [2.05, 4.69) is 0 Å². The van der Waals surface area contributed by atoms with E-state index < -0.39 is 14.5 Å². The molecule has 0 aliphatic carbocycles. The SMILES string of the molecule is CCC[Si](OC)(OC)OC(N)(CN)CCN. The molecular formula is C9H25N3O3Si. The van der Waals surface area contributed by atoms with E-state index in [4.69, 9.17) is 30.5 Å². The maximum absolute atomic E-state index is 6.02. The Balaban J connectivity index is 4.68. The van der Waals surface area contributed by atoms with Gasteiger partial charge in [0.25, 0.3) is 0 Å². The van der Waals surface area contributed by atoms with Crippen LogP contribution in [0.15, 0.2) is 0 Å². The Morgan fingerprint density at radius 1 is 1.19 bits per heavy atom. The molecule has 0 bridgehead atoms. The number of rotatable bonds is 9. The van der Waals surface area contributed by atoms with Crippen LogP contribution in [-0.2, 0) is 13.3 Å². The van der Waals surface area contributed by atoms with Crippen LogP contribution in [0.4, 0.5) is 0 Å². The largest absolute Gasteiger partial charge is 0.501 e. The first-order valence-electron chi connectivity index (χ1n) is 5.51. The first-order chi connectivity index (χ1) is 7.51. The van der Waals surface area contributed by atoms with Gasteiger partial charge in [0.05, 0.1) is 0 Å². The second-order valence-corrected chi connectivity index (χ2v) is 6.64. The summed E-state index contributed by atoms with van der Waals surface area (Å²) in [5.74, 6) is 0. The van der Waals surface area contributed by atoms with E-state index in [-0.39, 0.29) is 6.54 Å². The summed E-state index contributed by atoms with van der Waals surface area (Å²) in [7, 11) is 0.451. The van der Waals surface area contributed by atoms with Gasteiger partial charge in [-0.3, -0.25) is 0 Å². The average Bonchev–Trinajstić information content (AvgIpc) is 2.29. The minimum Gasteiger partial charge on any atom is -0.377 e. The van der Waals surface area contributed by atoms with E-state index in [1.165, 1.54) is 0 Å². The Labute approximate surface area is 98.8 Å². The molecule has 16 heavy (non-hydrogen) atoms. The van der Waals surface area contributed by atoms with Gasteiger partial charge in [0.15, 0.2) is 0 Å².